The molecule has 170 valence electrons. The first-order valence-corrected chi connectivity index (χ1v) is 11.0. The summed E-state index contributed by atoms with van der Waals surface area (Å²) in [7, 11) is 1.94. The highest BCUT2D eigenvalue weighted by molar-refractivity contribution is 6.31. The Morgan fingerprint density at radius 1 is 0.971 bits per heavy atom. The smallest absolute Gasteiger partial charge is 0.322 e. The molecule has 0 saturated carbocycles. The van der Waals surface area contributed by atoms with Crippen LogP contribution in [0.4, 0.5) is 4.39 Å². The molecule has 0 bridgehead atoms. The van der Waals surface area contributed by atoms with Gasteiger partial charge in [0, 0.05) is 40.5 Å². The van der Waals surface area contributed by atoms with Crippen LogP contribution in [0.3, 0.4) is 0 Å². The lowest BCUT2D eigenvalue weighted by Crippen LogP contribution is -1.98. The number of aryl methyl sites for hydroxylation is 4. The van der Waals surface area contributed by atoms with Crippen molar-refractivity contribution in [3.8, 4) is 24.1 Å². The monoisotopic (exact) mass is 462 g/mol. The van der Waals surface area contributed by atoms with Gasteiger partial charge in [-0.05, 0) is 56.0 Å². The molecular formula is C27H19FN6O. The number of fused-ring (bicyclic) bond motifs is 8. The van der Waals surface area contributed by atoms with Crippen LogP contribution in [0.1, 0.15) is 22.6 Å². The molecule has 0 spiro atoms. The summed E-state index contributed by atoms with van der Waals surface area (Å²) in [5, 5.41) is 4.02. The van der Waals surface area contributed by atoms with Gasteiger partial charge in [0.05, 0.1) is 16.7 Å². The Morgan fingerprint density at radius 2 is 1.80 bits per heavy atom. The fraction of sp³-hybridized carbons (Fsp3) is 0.148. The molecule has 7 nitrogen and oxygen atoms in total. The van der Waals surface area contributed by atoms with Crippen LogP contribution < -0.4 is 4.74 Å². The van der Waals surface area contributed by atoms with Crippen molar-refractivity contribution in [2.75, 3.05) is 0 Å². The zero-order valence-electron chi connectivity index (χ0n) is 19.5. The fourth-order valence-corrected chi connectivity index (χ4v) is 4.80. The van der Waals surface area contributed by atoms with Crippen LogP contribution >= 0.6 is 0 Å². The van der Waals surface area contributed by atoms with E-state index in [4.69, 9.17) is 16.1 Å². The molecule has 0 radical (unpaired) electrons. The quantitative estimate of drug-likeness (QED) is 0.252. The number of pyridine rings is 1. The zero-order valence-corrected chi connectivity index (χ0v) is 19.5. The summed E-state index contributed by atoms with van der Waals surface area (Å²) >= 11 is 0. The number of halogens is 1. The number of hydrogen-bond acceptors (Lipinski definition) is 6. The molecule has 0 atom stereocenters. The average Bonchev–Trinajstić information content (AvgIpc) is 3.13. The van der Waals surface area contributed by atoms with Gasteiger partial charge in [0.15, 0.2) is 11.6 Å². The van der Waals surface area contributed by atoms with Crippen LogP contribution in [-0.4, -0.2) is 29.5 Å². The number of nitrogens with zero attached hydrogens (tertiary/aromatic N) is 6. The topological polar surface area (TPSA) is 78.6 Å². The van der Waals surface area contributed by atoms with E-state index in [9.17, 15) is 0 Å². The van der Waals surface area contributed by atoms with Crippen molar-refractivity contribution in [1.29, 1.82) is 0 Å². The lowest BCUT2D eigenvalue weighted by molar-refractivity contribution is 0.411. The molecule has 6 rings (SSSR count). The van der Waals surface area contributed by atoms with Crippen LogP contribution in [0.2, 0.25) is 0 Å². The Bertz CT molecular complexity index is 1900. The molecule has 2 aromatic carbocycles. The third kappa shape index (κ3) is 3.02. The number of ether oxygens (including phenoxy) is 1. The lowest BCUT2D eigenvalue weighted by Gasteiger charge is -2.13. The molecule has 4 heterocycles. The fourth-order valence-electron chi connectivity index (χ4n) is 4.80. The molecule has 6 aromatic rings. The average molecular weight is 462 g/mol. The van der Waals surface area contributed by atoms with Gasteiger partial charge in [0.1, 0.15) is 17.7 Å². The van der Waals surface area contributed by atoms with E-state index >= 15 is 4.39 Å². The maximum Gasteiger partial charge on any atom is 0.322 e. The van der Waals surface area contributed by atoms with Gasteiger partial charge in [-0.15, -0.1) is 6.42 Å². The van der Waals surface area contributed by atoms with E-state index < -0.39 is 5.82 Å². The minimum absolute atomic E-state index is 0.00234. The van der Waals surface area contributed by atoms with E-state index in [1.807, 2.05) is 38.5 Å². The van der Waals surface area contributed by atoms with Crippen molar-refractivity contribution >= 4 is 43.6 Å². The van der Waals surface area contributed by atoms with Crippen LogP contribution in [0.25, 0.3) is 43.6 Å². The second-order valence-electron chi connectivity index (χ2n) is 8.54. The van der Waals surface area contributed by atoms with E-state index in [0.29, 0.717) is 27.7 Å². The van der Waals surface area contributed by atoms with E-state index in [0.717, 1.165) is 38.6 Å². The largest absolute Gasteiger partial charge is 0.421 e. The molecular weight excluding hydrogens is 443 g/mol. The van der Waals surface area contributed by atoms with Crippen LogP contribution in [0.5, 0.6) is 11.8 Å². The Hall–Kier alpha value is -4.64. The highest BCUT2D eigenvalue weighted by atomic mass is 19.1. The maximum atomic E-state index is 15.5. The molecule has 0 fully saturated rings. The summed E-state index contributed by atoms with van der Waals surface area (Å²) < 4.78 is 23.3. The van der Waals surface area contributed by atoms with Gasteiger partial charge in [0.2, 0.25) is 0 Å². The number of hydrogen-bond donors (Lipinski definition) is 0. The van der Waals surface area contributed by atoms with Gasteiger partial charge >= 0.3 is 6.01 Å². The first kappa shape index (κ1) is 20.9. The Kier molecular flexibility index (Phi) is 4.45. The first-order chi connectivity index (χ1) is 16.9. The minimum atomic E-state index is -0.542. The third-order valence-corrected chi connectivity index (χ3v) is 6.33. The van der Waals surface area contributed by atoms with Crippen LogP contribution in [-0.2, 0) is 7.05 Å². The van der Waals surface area contributed by atoms with Gasteiger partial charge in [0.25, 0.3) is 0 Å². The van der Waals surface area contributed by atoms with Crippen molar-refractivity contribution in [2.24, 2.45) is 7.05 Å². The molecule has 0 N–H and O–H groups in total. The lowest BCUT2D eigenvalue weighted by atomic mass is 9.96. The second kappa shape index (κ2) is 7.43. The zero-order chi connectivity index (χ0) is 24.4. The Balaban J connectivity index is 1.82. The molecule has 4 aromatic heterocycles. The van der Waals surface area contributed by atoms with Crippen molar-refractivity contribution in [2.45, 2.75) is 20.8 Å². The highest BCUT2D eigenvalue weighted by Crippen LogP contribution is 2.43. The summed E-state index contributed by atoms with van der Waals surface area (Å²) in [6, 6.07) is 6.80. The van der Waals surface area contributed by atoms with Gasteiger partial charge < -0.3 is 9.30 Å². The number of benzene rings is 2. The Labute approximate surface area is 199 Å². The molecule has 35 heavy (non-hydrogen) atoms. The molecule has 0 saturated heterocycles. The van der Waals surface area contributed by atoms with Crippen molar-refractivity contribution in [3.63, 3.8) is 0 Å². The van der Waals surface area contributed by atoms with Gasteiger partial charge in [-0.25, -0.2) is 29.3 Å². The minimum Gasteiger partial charge on any atom is -0.421 e. The van der Waals surface area contributed by atoms with Crippen LogP contribution in [0.15, 0.2) is 36.8 Å². The highest BCUT2D eigenvalue weighted by Gasteiger charge is 2.23. The number of rotatable bonds is 2. The maximum absolute atomic E-state index is 15.5. The molecule has 0 aliphatic rings. The van der Waals surface area contributed by atoms with Gasteiger partial charge in [-0.2, -0.15) is 0 Å². The molecule has 0 aliphatic heterocycles. The standard InChI is InChI=1S/C27H19FN6O/c1-6-16-9-13(2)21-24(33-16)18-11-20(35-27-29-8-7-14(3)32-27)19(28)10-17(18)23-22-15(4)30-12-31-26(22)34(5)25(21)23/h1,7-12H,2-5H3. The van der Waals surface area contributed by atoms with Gasteiger partial charge in [-0.1, -0.05) is 5.92 Å². The van der Waals surface area contributed by atoms with E-state index in [-0.39, 0.29) is 11.8 Å². The van der Waals surface area contributed by atoms with E-state index in [2.05, 4.69) is 25.9 Å². The van der Waals surface area contributed by atoms with Gasteiger partial charge in [-0.3, -0.25) is 0 Å². The summed E-state index contributed by atoms with van der Waals surface area (Å²) in [4.78, 5) is 22.0. The SMILES string of the molecule is C#Cc1cc(C)c2c(n1)c1cc(Oc3nccc(C)n3)c(F)cc1c1c3c(C)ncnc3n(C)c21. The molecule has 0 amide bonds. The molecule has 0 unspecified atom stereocenters. The number of terminal acetylenes is 1. The summed E-state index contributed by atoms with van der Waals surface area (Å²) in [6.45, 7) is 5.73. The van der Waals surface area contributed by atoms with Crippen molar-refractivity contribution in [3.05, 3.63) is 65.3 Å². The van der Waals surface area contributed by atoms with Crippen LogP contribution in [0, 0.1) is 38.9 Å². The van der Waals surface area contributed by atoms with E-state index in [1.165, 1.54) is 12.4 Å². The van der Waals surface area contributed by atoms with Crippen molar-refractivity contribution in [1.82, 2.24) is 29.5 Å². The summed E-state index contributed by atoms with van der Waals surface area (Å²) in [6.07, 6.45) is 8.82. The molecule has 0 aliphatic carbocycles. The summed E-state index contributed by atoms with van der Waals surface area (Å²) in [5.41, 5.74) is 5.29. The molecule has 8 heteroatoms. The Morgan fingerprint density at radius 3 is 2.57 bits per heavy atom. The predicted octanol–water partition coefficient (Wildman–Crippen LogP) is 5.45. The number of aromatic nitrogens is 6. The normalized spacial score (nSPS) is 11.5. The second-order valence-corrected chi connectivity index (χ2v) is 8.54. The van der Waals surface area contributed by atoms with Crippen molar-refractivity contribution < 1.29 is 9.13 Å². The van der Waals surface area contributed by atoms with E-state index in [1.54, 1.807) is 18.3 Å². The third-order valence-electron chi connectivity index (χ3n) is 6.33. The first-order valence-electron chi connectivity index (χ1n) is 11.0. The summed E-state index contributed by atoms with van der Waals surface area (Å²) in [5.74, 6) is 2.09. The predicted molar refractivity (Wildman–Crippen MR) is 133 cm³/mol.